The highest BCUT2D eigenvalue weighted by atomic mass is 16.5. The summed E-state index contributed by atoms with van der Waals surface area (Å²) in [5, 5.41) is 3.42. The summed E-state index contributed by atoms with van der Waals surface area (Å²) in [5.41, 5.74) is 0. The molecule has 1 N–H and O–H groups in total. The van der Waals surface area contributed by atoms with Gasteiger partial charge in [0.15, 0.2) is 0 Å². The van der Waals surface area contributed by atoms with E-state index in [0.29, 0.717) is 32.5 Å². The van der Waals surface area contributed by atoms with E-state index in [2.05, 4.69) is 17.1 Å². The molecule has 108 valence electrons. The molecule has 0 bridgehead atoms. The second kappa shape index (κ2) is 10.7. The number of rotatable bonds is 9. The van der Waals surface area contributed by atoms with Crippen molar-refractivity contribution in [2.75, 3.05) is 66.3 Å². The lowest BCUT2D eigenvalue weighted by Crippen LogP contribution is -2.37. The Labute approximate surface area is 111 Å². The van der Waals surface area contributed by atoms with Crippen LogP contribution in [0, 0.1) is 0 Å². The molecular formula is C13H28N2O3. The smallest absolute Gasteiger partial charge is 0.0701 e. The van der Waals surface area contributed by atoms with Gasteiger partial charge in [0.05, 0.1) is 33.0 Å². The van der Waals surface area contributed by atoms with Crippen LogP contribution in [0.25, 0.3) is 0 Å². The minimum Gasteiger partial charge on any atom is -0.382 e. The van der Waals surface area contributed by atoms with Gasteiger partial charge in [0, 0.05) is 32.8 Å². The maximum atomic E-state index is 5.58. The summed E-state index contributed by atoms with van der Waals surface area (Å²) < 4.78 is 15.8. The van der Waals surface area contributed by atoms with Crippen LogP contribution in [-0.2, 0) is 14.2 Å². The summed E-state index contributed by atoms with van der Waals surface area (Å²) in [6, 6.07) is 0.654. The predicted molar refractivity (Wildman–Crippen MR) is 72.0 cm³/mol. The zero-order valence-corrected chi connectivity index (χ0v) is 11.8. The minimum absolute atomic E-state index is 0.648. The topological polar surface area (TPSA) is 43.0 Å². The number of hydrogen-bond acceptors (Lipinski definition) is 5. The van der Waals surface area contributed by atoms with Gasteiger partial charge in [0.2, 0.25) is 0 Å². The third-order valence-corrected chi connectivity index (χ3v) is 3.26. The van der Waals surface area contributed by atoms with Crippen LogP contribution in [0.2, 0.25) is 0 Å². The first kappa shape index (κ1) is 15.9. The summed E-state index contributed by atoms with van der Waals surface area (Å²) in [4.78, 5) is 2.49. The van der Waals surface area contributed by atoms with Gasteiger partial charge in [-0.15, -0.1) is 0 Å². The second-order valence-corrected chi connectivity index (χ2v) is 4.64. The standard InChI is InChI=1S/C13H28N2O3/c1-13-3-4-14-5-6-15(13)7-8-17-11-12-18-10-9-16-2/h13-14H,3-12H2,1-2H3. The van der Waals surface area contributed by atoms with Gasteiger partial charge in [-0.2, -0.15) is 0 Å². The molecule has 5 nitrogen and oxygen atoms in total. The van der Waals surface area contributed by atoms with Crippen molar-refractivity contribution in [3.05, 3.63) is 0 Å². The molecule has 1 aliphatic heterocycles. The Kier molecular flexibility index (Phi) is 9.42. The van der Waals surface area contributed by atoms with Gasteiger partial charge < -0.3 is 19.5 Å². The predicted octanol–water partition coefficient (Wildman–Crippen LogP) is 0.350. The highest BCUT2D eigenvalue weighted by Gasteiger charge is 2.15. The van der Waals surface area contributed by atoms with Crippen LogP contribution in [0.5, 0.6) is 0 Å². The van der Waals surface area contributed by atoms with Crippen molar-refractivity contribution in [2.45, 2.75) is 19.4 Å². The van der Waals surface area contributed by atoms with Crippen LogP contribution in [0.1, 0.15) is 13.3 Å². The number of hydrogen-bond donors (Lipinski definition) is 1. The van der Waals surface area contributed by atoms with Gasteiger partial charge in [-0.25, -0.2) is 0 Å². The third kappa shape index (κ3) is 7.28. The molecule has 0 amide bonds. The molecule has 1 fully saturated rings. The van der Waals surface area contributed by atoms with E-state index in [1.54, 1.807) is 7.11 Å². The molecule has 1 saturated heterocycles. The fraction of sp³-hybridized carbons (Fsp3) is 1.00. The molecule has 1 rings (SSSR count). The van der Waals surface area contributed by atoms with Crippen molar-refractivity contribution in [1.82, 2.24) is 10.2 Å². The Balaban J connectivity index is 1.93. The van der Waals surface area contributed by atoms with Crippen molar-refractivity contribution >= 4 is 0 Å². The molecule has 0 saturated carbocycles. The van der Waals surface area contributed by atoms with E-state index in [1.807, 2.05) is 0 Å². The Morgan fingerprint density at radius 1 is 1.06 bits per heavy atom. The van der Waals surface area contributed by atoms with Gasteiger partial charge in [0.1, 0.15) is 0 Å². The zero-order chi connectivity index (χ0) is 13.1. The quantitative estimate of drug-likeness (QED) is 0.606. The summed E-state index contributed by atoms with van der Waals surface area (Å²) in [5.74, 6) is 0. The van der Waals surface area contributed by atoms with Gasteiger partial charge in [-0.3, -0.25) is 4.90 Å². The van der Waals surface area contributed by atoms with E-state index in [1.165, 1.54) is 6.42 Å². The first-order valence-electron chi connectivity index (χ1n) is 6.93. The third-order valence-electron chi connectivity index (χ3n) is 3.26. The molecule has 0 aromatic heterocycles. The number of methoxy groups -OCH3 is 1. The molecule has 1 aliphatic rings. The molecule has 0 aromatic carbocycles. The van der Waals surface area contributed by atoms with Crippen LogP contribution < -0.4 is 5.32 Å². The van der Waals surface area contributed by atoms with Crippen molar-refractivity contribution in [3.63, 3.8) is 0 Å². The summed E-state index contributed by atoms with van der Waals surface area (Å²) in [6.45, 7) is 10.1. The van der Waals surface area contributed by atoms with Gasteiger partial charge in [0.25, 0.3) is 0 Å². The van der Waals surface area contributed by atoms with Crippen LogP contribution in [-0.4, -0.2) is 77.3 Å². The molecule has 18 heavy (non-hydrogen) atoms. The fourth-order valence-electron chi connectivity index (χ4n) is 2.04. The lowest BCUT2D eigenvalue weighted by molar-refractivity contribution is 0.0175. The Bertz CT molecular complexity index is 193. The Morgan fingerprint density at radius 3 is 2.56 bits per heavy atom. The normalized spacial score (nSPS) is 22.0. The number of ether oxygens (including phenoxy) is 3. The molecule has 1 unspecified atom stereocenters. The maximum absolute atomic E-state index is 5.58. The van der Waals surface area contributed by atoms with Crippen molar-refractivity contribution in [1.29, 1.82) is 0 Å². The largest absolute Gasteiger partial charge is 0.382 e. The first-order valence-corrected chi connectivity index (χ1v) is 6.93. The summed E-state index contributed by atoms with van der Waals surface area (Å²) in [7, 11) is 1.68. The van der Waals surface area contributed by atoms with Gasteiger partial charge >= 0.3 is 0 Å². The van der Waals surface area contributed by atoms with Crippen molar-refractivity contribution in [3.8, 4) is 0 Å². The van der Waals surface area contributed by atoms with Gasteiger partial charge in [-0.05, 0) is 19.9 Å². The van der Waals surface area contributed by atoms with Crippen LogP contribution in [0.15, 0.2) is 0 Å². The van der Waals surface area contributed by atoms with E-state index in [-0.39, 0.29) is 0 Å². The highest BCUT2D eigenvalue weighted by molar-refractivity contribution is 4.73. The van der Waals surface area contributed by atoms with E-state index in [9.17, 15) is 0 Å². The summed E-state index contributed by atoms with van der Waals surface area (Å²) in [6.07, 6.45) is 1.22. The SMILES string of the molecule is COCCOCCOCCN1CCNCCC1C. The Morgan fingerprint density at radius 2 is 1.78 bits per heavy atom. The average molecular weight is 260 g/mol. The van der Waals surface area contributed by atoms with E-state index in [4.69, 9.17) is 14.2 Å². The molecular weight excluding hydrogens is 232 g/mol. The van der Waals surface area contributed by atoms with Crippen LogP contribution in [0.3, 0.4) is 0 Å². The number of nitrogens with one attached hydrogen (secondary N) is 1. The molecule has 5 heteroatoms. The van der Waals surface area contributed by atoms with Crippen molar-refractivity contribution < 1.29 is 14.2 Å². The van der Waals surface area contributed by atoms with Crippen LogP contribution >= 0.6 is 0 Å². The molecule has 0 radical (unpaired) electrons. The van der Waals surface area contributed by atoms with E-state index < -0.39 is 0 Å². The molecule has 0 aliphatic carbocycles. The molecule has 0 spiro atoms. The number of nitrogens with zero attached hydrogens (tertiary/aromatic N) is 1. The maximum Gasteiger partial charge on any atom is 0.0701 e. The average Bonchev–Trinajstić information content (AvgIpc) is 2.58. The Hall–Kier alpha value is -0.200. The monoisotopic (exact) mass is 260 g/mol. The first-order chi connectivity index (χ1) is 8.84. The zero-order valence-electron chi connectivity index (χ0n) is 11.8. The fourth-order valence-corrected chi connectivity index (χ4v) is 2.04. The van der Waals surface area contributed by atoms with E-state index >= 15 is 0 Å². The highest BCUT2D eigenvalue weighted by Crippen LogP contribution is 2.05. The second-order valence-electron chi connectivity index (χ2n) is 4.64. The lowest BCUT2D eigenvalue weighted by atomic mass is 10.2. The lowest BCUT2D eigenvalue weighted by Gasteiger charge is -2.26. The van der Waals surface area contributed by atoms with Crippen molar-refractivity contribution in [2.24, 2.45) is 0 Å². The minimum atomic E-state index is 0.648. The van der Waals surface area contributed by atoms with Gasteiger partial charge in [-0.1, -0.05) is 0 Å². The van der Waals surface area contributed by atoms with E-state index in [0.717, 1.165) is 32.8 Å². The molecule has 1 heterocycles. The summed E-state index contributed by atoms with van der Waals surface area (Å²) >= 11 is 0. The molecule has 0 aromatic rings. The molecule has 1 atom stereocenters. The van der Waals surface area contributed by atoms with Crippen LogP contribution in [0.4, 0.5) is 0 Å².